The first-order chi connectivity index (χ1) is 12.7. The number of sulfonamides is 1. The van der Waals surface area contributed by atoms with Crippen LogP contribution in [0.25, 0.3) is 0 Å². The molecule has 0 aliphatic heterocycles. The highest BCUT2D eigenvalue weighted by molar-refractivity contribution is 7.88. The zero-order valence-corrected chi connectivity index (χ0v) is 16.5. The van der Waals surface area contributed by atoms with Crippen LogP contribution in [0.4, 0.5) is 15.8 Å². The number of carbonyl (C=O) groups is 1. The molecule has 0 aliphatic carbocycles. The molecule has 0 fully saturated rings. The summed E-state index contributed by atoms with van der Waals surface area (Å²) in [7, 11) is 0.257. The number of hydrogen-bond donors (Lipinski definition) is 1. The van der Waals surface area contributed by atoms with E-state index in [2.05, 4.69) is 5.32 Å². The molecule has 6 nitrogen and oxygen atoms in total. The summed E-state index contributed by atoms with van der Waals surface area (Å²) in [4.78, 5) is 14.1. The molecular formula is C19H24FN3O3S. The minimum atomic E-state index is -3.58. The maximum atomic E-state index is 13.8. The molecule has 0 aromatic heterocycles. The highest BCUT2D eigenvalue weighted by atomic mass is 32.2. The van der Waals surface area contributed by atoms with Crippen LogP contribution < -0.4 is 10.2 Å². The maximum absolute atomic E-state index is 13.8. The second-order valence-corrected chi connectivity index (χ2v) is 8.41. The normalized spacial score (nSPS) is 11.4. The average Bonchev–Trinajstić information content (AvgIpc) is 2.59. The highest BCUT2D eigenvalue weighted by Gasteiger charge is 2.19. The van der Waals surface area contributed by atoms with E-state index in [-0.39, 0.29) is 31.0 Å². The first kappa shape index (κ1) is 20.9. The van der Waals surface area contributed by atoms with Gasteiger partial charge < -0.3 is 10.2 Å². The predicted octanol–water partition coefficient (Wildman–Crippen LogP) is 2.68. The van der Waals surface area contributed by atoms with Gasteiger partial charge in [0.25, 0.3) is 0 Å². The first-order valence-corrected chi connectivity index (χ1v) is 10.3. The van der Waals surface area contributed by atoms with E-state index in [1.165, 1.54) is 12.1 Å². The fourth-order valence-corrected chi connectivity index (χ4v) is 3.27. The Kier molecular flexibility index (Phi) is 6.92. The molecule has 0 bridgehead atoms. The van der Waals surface area contributed by atoms with Crippen molar-refractivity contribution >= 4 is 27.3 Å². The van der Waals surface area contributed by atoms with Crippen molar-refractivity contribution in [1.82, 2.24) is 4.31 Å². The summed E-state index contributed by atoms with van der Waals surface area (Å²) in [5.74, 6) is -0.786. The number of halogens is 1. The second kappa shape index (κ2) is 8.96. The smallest absolute Gasteiger partial charge is 0.225 e. The van der Waals surface area contributed by atoms with Crippen molar-refractivity contribution in [3.63, 3.8) is 0 Å². The number of benzene rings is 2. The molecule has 0 atom stereocenters. The van der Waals surface area contributed by atoms with Gasteiger partial charge in [-0.05, 0) is 30.3 Å². The van der Waals surface area contributed by atoms with E-state index >= 15 is 0 Å². The molecule has 2 aromatic carbocycles. The molecule has 0 radical (unpaired) electrons. The summed E-state index contributed by atoms with van der Waals surface area (Å²) in [6.45, 7) is -0.148. The largest absolute Gasteiger partial charge is 0.378 e. The third-order valence-corrected chi connectivity index (χ3v) is 5.28. The maximum Gasteiger partial charge on any atom is 0.225 e. The van der Waals surface area contributed by atoms with E-state index in [9.17, 15) is 17.6 Å². The lowest BCUT2D eigenvalue weighted by atomic mass is 10.2. The number of amides is 1. The lowest BCUT2D eigenvalue weighted by molar-refractivity contribution is -0.116. The van der Waals surface area contributed by atoms with Gasteiger partial charge in [0.05, 0.1) is 6.26 Å². The van der Waals surface area contributed by atoms with E-state index in [1.807, 2.05) is 31.1 Å². The lowest BCUT2D eigenvalue weighted by Gasteiger charge is -2.20. The van der Waals surface area contributed by atoms with Gasteiger partial charge in [0.2, 0.25) is 15.9 Å². The van der Waals surface area contributed by atoms with Crippen molar-refractivity contribution in [2.45, 2.75) is 13.0 Å². The number of nitrogens with one attached hydrogen (secondary N) is 1. The van der Waals surface area contributed by atoms with Gasteiger partial charge in [-0.3, -0.25) is 4.79 Å². The molecular weight excluding hydrogens is 369 g/mol. The van der Waals surface area contributed by atoms with E-state index in [4.69, 9.17) is 0 Å². The van der Waals surface area contributed by atoms with Gasteiger partial charge in [0.1, 0.15) is 5.82 Å². The lowest BCUT2D eigenvalue weighted by Crippen LogP contribution is -2.32. The minimum absolute atomic E-state index is 0.0308. The van der Waals surface area contributed by atoms with Crippen molar-refractivity contribution in [1.29, 1.82) is 0 Å². The fourth-order valence-electron chi connectivity index (χ4n) is 2.47. The van der Waals surface area contributed by atoms with Gasteiger partial charge in [-0.1, -0.05) is 18.2 Å². The monoisotopic (exact) mass is 393 g/mol. The minimum Gasteiger partial charge on any atom is -0.378 e. The van der Waals surface area contributed by atoms with Crippen LogP contribution in [0.2, 0.25) is 0 Å². The van der Waals surface area contributed by atoms with Crippen LogP contribution in [0.5, 0.6) is 0 Å². The molecule has 146 valence electrons. The van der Waals surface area contributed by atoms with Crippen molar-refractivity contribution in [3.8, 4) is 0 Å². The Morgan fingerprint density at radius 1 is 1.07 bits per heavy atom. The zero-order valence-electron chi connectivity index (χ0n) is 15.6. The number of rotatable bonds is 8. The number of carbonyl (C=O) groups excluding carboxylic acids is 1. The summed E-state index contributed by atoms with van der Waals surface area (Å²) >= 11 is 0. The third-order valence-electron chi connectivity index (χ3n) is 4.03. The molecule has 0 saturated heterocycles. The average molecular weight is 393 g/mol. The van der Waals surface area contributed by atoms with Crippen LogP contribution in [-0.4, -0.2) is 45.5 Å². The van der Waals surface area contributed by atoms with Gasteiger partial charge in [0.15, 0.2) is 0 Å². The molecule has 27 heavy (non-hydrogen) atoms. The van der Waals surface area contributed by atoms with Gasteiger partial charge in [-0.2, -0.15) is 4.31 Å². The Hall–Kier alpha value is -2.45. The molecule has 0 saturated carbocycles. The van der Waals surface area contributed by atoms with Crippen LogP contribution in [0.1, 0.15) is 12.0 Å². The van der Waals surface area contributed by atoms with Crippen LogP contribution in [0, 0.1) is 5.82 Å². The molecule has 1 N–H and O–H groups in total. The van der Waals surface area contributed by atoms with E-state index < -0.39 is 15.8 Å². The van der Waals surface area contributed by atoms with E-state index in [1.54, 1.807) is 24.3 Å². The van der Waals surface area contributed by atoms with Crippen LogP contribution in [-0.2, 0) is 21.4 Å². The molecule has 0 spiro atoms. The van der Waals surface area contributed by atoms with E-state index in [0.717, 1.165) is 16.2 Å². The molecule has 2 aromatic rings. The Labute approximate surface area is 159 Å². The zero-order chi connectivity index (χ0) is 20.0. The van der Waals surface area contributed by atoms with Crippen LogP contribution in [0.3, 0.4) is 0 Å². The summed E-state index contributed by atoms with van der Waals surface area (Å²) in [5, 5.41) is 2.74. The van der Waals surface area contributed by atoms with Crippen LogP contribution in [0.15, 0.2) is 48.5 Å². The quantitative estimate of drug-likeness (QED) is 0.749. The molecule has 2 rings (SSSR count). The summed E-state index contributed by atoms with van der Waals surface area (Å²) in [5.41, 5.74) is 1.90. The number of hydrogen-bond acceptors (Lipinski definition) is 4. The summed E-state index contributed by atoms with van der Waals surface area (Å²) in [6.07, 6.45) is 1.02. The second-order valence-electron chi connectivity index (χ2n) is 6.43. The Morgan fingerprint density at radius 3 is 2.26 bits per heavy atom. The number of nitrogens with zero attached hydrogens (tertiary/aromatic N) is 2. The Morgan fingerprint density at radius 2 is 1.70 bits per heavy atom. The first-order valence-electron chi connectivity index (χ1n) is 8.42. The molecule has 1 amide bonds. The standard InChI is InChI=1S/C19H24FN3O3S/c1-22(2)17-10-8-16(9-11-17)21-19(24)12-13-23(27(3,25)26)14-15-6-4-5-7-18(15)20/h4-11H,12-14H2,1-3H3,(H,21,24). The SMILES string of the molecule is CN(C)c1ccc(NC(=O)CCN(Cc2ccccc2F)S(C)(=O)=O)cc1. The van der Waals surface area contributed by atoms with Crippen LogP contribution >= 0.6 is 0 Å². The summed E-state index contributed by atoms with van der Waals surface area (Å²) < 4.78 is 38.9. The molecule has 8 heteroatoms. The fraction of sp³-hybridized carbons (Fsp3) is 0.316. The van der Waals surface area contributed by atoms with Gasteiger partial charge in [0, 0.05) is 50.5 Å². The van der Waals surface area contributed by atoms with E-state index in [0.29, 0.717) is 5.69 Å². The van der Waals surface area contributed by atoms with Crippen molar-refractivity contribution in [2.75, 3.05) is 37.1 Å². The van der Waals surface area contributed by atoms with Crippen molar-refractivity contribution in [3.05, 3.63) is 59.9 Å². The van der Waals surface area contributed by atoms with Crippen molar-refractivity contribution < 1.29 is 17.6 Å². The molecule has 0 heterocycles. The molecule has 0 unspecified atom stereocenters. The predicted molar refractivity (Wildman–Crippen MR) is 106 cm³/mol. The number of anilines is 2. The van der Waals surface area contributed by atoms with Gasteiger partial charge >= 0.3 is 0 Å². The Balaban J connectivity index is 1.98. The van der Waals surface area contributed by atoms with Gasteiger partial charge in [-0.15, -0.1) is 0 Å². The topological polar surface area (TPSA) is 69.7 Å². The van der Waals surface area contributed by atoms with Gasteiger partial charge in [-0.25, -0.2) is 12.8 Å². The summed E-state index contributed by atoms with van der Waals surface area (Å²) in [6, 6.07) is 13.3. The third kappa shape index (κ3) is 6.33. The van der Waals surface area contributed by atoms with Crippen molar-refractivity contribution in [2.24, 2.45) is 0 Å². The highest BCUT2D eigenvalue weighted by Crippen LogP contribution is 2.16. The molecule has 0 aliphatic rings. The Bertz CT molecular complexity index is 883.